The number of hydrogen-bond acceptors (Lipinski definition) is 5. The molecule has 0 spiro atoms. The number of piperidine rings is 1. The van der Waals surface area contributed by atoms with E-state index in [-0.39, 0.29) is 17.9 Å². The average Bonchev–Trinajstić information content (AvgIpc) is 3.35. The predicted octanol–water partition coefficient (Wildman–Crippen LogP) is 2.66. The highest BCUT2D eigenvalue weighted by atomic mass is 32.1. The van der Waals surface area contributed by atoms with Gasteiger partial charge in [0.2, 0.25) is 5.91 Å². The fourth-order valence-corrected chi connectivity index (χ4v) is 5.30. The quantitative estimate of drug-likeness (QED) is 0.879. The van der Waals surface area contributed by atoms with Gasteiger partial charge in [0.1, 0.15) is 11.7 Å². The molecule has 1 aliphatic carbocycles. The molecule has 2 heterocycles. The van der Waals surface area contributed by atoms with E-state index in [9.17, 15) is 9.59 Å². The first-order valence-electron chi connectivity index (χ1n) is 9.24. The van der Waals surface area contributed by atoms with Crippen LogP contribution in [-0.2, 0) is 4.79 Å². The summed E-state index contributed by atoms with van der Waals surface area (Å²) in [6.07, 6.45) is 2.77. The third-order valence-corrected chi connectivity index (χ3v) is 6.90. The van der Waals surface area contributed by atoms with Gasteiger partial charge in [0.25, 0.3) is 5.91 Å². The maximum atomic E-state index is 13.5. The number of nitrogens with two attached hydrogens (primary N) is 1. The van der Waals surface area contributed by atoms with Crippen LogP contribution in [0.25, 0.3) is 10.4 Å². The lowest BCUT2D eigenvalue weighted by atomic mass is 9.97. The molecular formula is C20H24N4O2S. The zero-order valence-electron chi connectivity index (χ0n) is 15.8. The number of aryl methyl sites for hydroxylation is 1. The normalized spacial score (nSPS) is 23.7. The number of likely N-dealkylation sites (tertiary alicyclic amines) is 1. The van der Waals surface area contributed by atoms with Crippen molar-refractivity contribution in [3.8, 4) is 10.4 Å². The number of rotatable bonds is 4. The molecule has 3 atom stereocenters. The van der Waals surface area contributed by atoms with Gasteiger partial charge in [-0.05, 0) is 37.7 Å². The SMILES string of the molecule is Cc1ccc(-c2sc(N(C)C)nc2C(=O)N2[C@H]3CC[C@H](C3)[C@@H]2C(N)=O)cc1. The van der Waals surface area contributed by atoms with Crippen LogP contribution in [-0.4, -0.2) is 47.9 Å². The molecule has 1 aromatic heterocycles. The lowest BCUT2D eigenvalue weighted by Gasteiger charge is -2.33. The van der Waals surface area contributed by atoms with E-state index in [0.717, 1.165) is 40.4 Å². The molecule has 1 aliphatic heterocycles. The molecule has 142 valence electrons. The third-order valence-electron chi connectivity index (χ3n) is 5.63. The smallest absolute Gasteiger partial charge is 0.275 e. The van der Waals surface area contributed by atoms with Crippen molar-refractivity contribution in [2.45, 2.75) is 38.3 Å². The number of benzene rings is 1. The first-order valence-corrected chi connectivity index (χ1v) is 10.1. The molecule has 0 unspecified atom stereocenters. The van der Waals surface area contributed by atoms with E-state index in [2.05, 4.69) is 4.98 Å². The summed E-state index contributed by atoms with van der Waals surface area (Å²) in [5, 5.41) is 0.772. The van der Waals surface area contributed by atoms with Crippen LogP contribution in [0.4, 0.5) is 5.13 Å². The maximum Gasteiger partial charge on any atom is 0.275 e. The lowest BCUT2D eigenvalue weighted by Crippen LogP contribution is -2.51. The Balaban J connectivity index is 1.77. The standard InChI is InChI=1S/C20H24N4O2S/c1-11-4-6-12(7-5-11)17-15(22-20(27-17)23(2)3)19(26)24-14-9-8-13(10-14)16(24)18(21)25/h4-7,13-14,16H,8-10H2,1-3H3,(H2,21,25)/t13-,14+,16-/m1/s1. The molecule has 2 N–H and O–H groups in total. The molecule has 1 aromatic carbocycles. The largest absolute Gasteiger partial charge is 0.368 e. The number of thiazole rings is 1. The van der Waals surface area contributed by atoms with Gasteiger partial charge in [-0.2, -0.15) is 0 Å². The van der Waals surface area contributed by atoms with Gasteiger partial charge in [-0.3, -0.25) is 9.59 Å². The van der Waals surface area contributed by atoms with Crippen LogP contribution >= 0.6 is 11.3 Å². The van der Waals surface area contributed by atoms with Gasteiger partial charge < -0.3 is 15.5 Å². The molecule has 2 bridgehead atoms. The van der Waals surface area contributed by atoms with Crippen LogP contribution in [0.3, 0.4) is 0 Å². The number of hydrogen-bond donors (Lipinski definition) is 1. The minimum absolute atomic E-state index is 0.0929. The summed E-state index contributed by atoms with van der Waals surface area (Å²) in [7, 11) is 3.83. The van der Waals surface area contributed by atoms with E-state index >= 15 is 0 Å². The molecular weight excluding hydrogens is 360 g/mol. The van der Waals surface area contributed by atoms with Crippen LogP contribution in [0.5, 0.6) is 0 Å². The summed E-state index contributed by atoms with van der Waals surface area (Å²) in [5.74, 6) is -0.396. The highest BCUT2D eigenvalue weighted by Crippen LogP contribution is 2.44. The Morgan fingerprint density at radius 2 is 1.93 bits per heavy atom. The summed E-state index contributed by atoms with van der Waals surface area (Å²) < 4.78 is 0. The lowest BCUT2D eigenvalue weighted by molar-refractivity contribution is -0.123. The molecule has 2 fully saturated rings. The monoisotopic (exact) mass is 384 g/mol. The van der Waals surface area contributed by atoms with Gasteiger partial charge in [0.15, 0.2) is 5.13 Å². The Kier molecular flexibility index (Phi) is 4.42. The molecule has 7 heteroatoms. The Labute approximate surface area is 163 Å². The van der Waals surface area contributed by atoms with E-state index in [4.69, 9.17) is 5.73 Å². The van der Waals surface area contributed by atoms with E-state index in [1.165, 1.54) is 11.3 Å². The van der Waals surface area contributed by atoms with Gasteiger partial charge in [0, 0.05) is 20.1 Å². The van der Waals surface area contributed by atoms with E-state index in [1.54, 1.807) is 4.90 Å². The van der Waals surface area contributed by atoms with E-state index < -0.39 is 11.9 Å². The summed E-state index contributed by atoms with van der Waals surface area (Å²) in [6.45, 7) is 2.03. The van der Waals surface area contributed by atoms with Crippen molar-refractivity contribution in [2.24, 2.45) is 11.7 Å². The summed E-state index contributed by atoms with van der Waals surface area (Å²) in [4.78, 5) is 34.6. The molecule has 1 saturated heterocycles. The number of carbonyl (C=O) groups is 2. The van der Waals surface area contributed by atoms with Crippen molar-refractivity contribution in [1.29, 1.82) is 0 Å². The first kappa shape index (κ1) is 18.0. The van der Waals surface area contributed by atoms with Gasteiger partial charge in [0.05, 0.1) is 4.88 Å². The molecule has 2 aliphatic rings. The molecule has 6 nitrogen and oxygen atoms in total. The number of anilines is 1. The minimum atomic E-state index is -0.508. The second-order valence-electron chi connectivity index (χ2n) is 7.72. The number of carbonyl (C=O) groups excluding carboxylic acids is 2. The van der Waals surface area contributed by atoms with Gasteiger partial charge >= 0.3 is 0 Å². The molecule has 0 radical (unpaired) electrons. The van der Waals surface area contributed by atoms with Crippen molar-refractivity contribution < 1.29 is 9.59 Å². The van der Waals surface area contributed by atoms with E-state index in [0.29, 0.717) is 5.69 Å². The van der Waals surface area contributed by atoms with Crippen LogP contribution in [0, 0.1) is 12.8 Å². The highest BCUT2D eigenvalue weighted by Gasteiger charge is 2.51. The Morgan fingerprint density at radius 1 is 1.22 bits per heavy atom. The third kappa shape index (κ3) is 3.00. The number of amides is 2. The van der Waals surface area contributed by atoms with Crippen LogP contribution in [0.15, 0.2) is 24.3 Å². The van der Waals surface area contributed by atoms with Crippen LogP contribution in [0.2, 0.25) is 0 Å². The first-order chi connectivity index (χ1) is 12.9. The van der Waals surface area contributed by atoms with Crippen LogP contribution in [0.1, 0.15) is 35.3 Å². The zero-order valence-corrected chi connectivity index (χ0v) is 16.6. The van der Waals surface area contributed by atoms with Gasteiger partial charge in [-0.15, -0.1) is 0 Å². The number of fused-ring (bicyclic) bond motifs is 2. The maximum absolute atomic E-state index is 13.5. The summed E-state index contributed by atoms with van der Waals surface area (Å²) in [6, 6.07) is 7.68. The van der Waals surface area contributed by atoms with Gasteiger partial charge in [-0.1, -0.05) is 41.2 Å². The van der Waals surface area contributed by atoms with Gasteiger partial charge in [-0.25, -0.2) is 4.98 Å². The summed E-state index contributed by atoms with van der Waals surface area (Å²) in [5.41, 5.74) is 8.20. The second kappa shape index (κ2) is 6.64. The van der Waals surface area contributed by atoms with Crippen molar-refractivity contribution in [3.63, 3.8) is 0 Å². The topological polar surface area (TPSA) is 79.5 Å². The second-order valence-corrected chi connectivity index (χ2v) is 8.70. The molecule has 4 rings (SSSR count). The average molecular weight is 385 g/mol. The molecule has 1 saturated carbocycles. The number of nitrogens with zero attached hydrogens (tertiary/aromatic N) is 3. The van der Waals surface area contributed by atoms with Crippen molar-refractivity contribution in [2.75, 3.05) is 19.0 Å². The highest BCUT2D eigenvalue weighted by molar-refractivity contribution is 7.19. The van der Waals surface area contributed by atoms with E-state index in [1.807, 2.05) is 50.2 Å². The number of aromatic nitrogens is 1. The Hall–Kier alpha value is -2.41. The predicted molar refractivity (Wildman–Crippen MR) is 107 cm³/mol. The van der Waals surface area contributed by atoms with Crippen molar-refractivity contribution >= 4 is 28.3 Å². The fourth-order valence-electron chi connectivity index (χ4n) is 4.31. The Bertz CT molecular complexity index is 890. The minimum Gasteiger partial charge on any atom is -0.368 e. The molecule has 2 amide bonds. The molecule has 27 heavy (non-hydrogen) atoms. The van der Waals surface area contributed by atoms with Crippen molar-refractivity contribution in [3.05, 3.63) is 35.5 Å². The fraction of sp³-hybridized carbons (Fsp3) is 0.450. The zero-order chi connectivity index (χ0) is 19.3. The Morgan fingerprint density at radius 3 is 2.56 bits per heavy atom. The van der Waals surface area contributed by atoms with Crippen molar-refractivity contribution in [1.82, 2.24) is 9.88 Å². The summed E-state index contributed by atoms with van der Waals surface area (Å²) >= 11 is 1.49. The number of primary amides is 1. The molecule has 2 aromatic rings. The van der Waals surface area contributed by atoms with Crippen LogP contribution < -0.4 is 10.6 Å².